The second-order valence-electron chi connectivity index (χ2n) is 6.09. The van der Waals surface area contributed by atoms with Gasteiger partial charge in [-0.25, -0.2) is 4.98 Å². The number of benzene rings is 1. The number of alkyl halides is 3. The lowest BCUT2D eigenvalue weighted by Crippen LogP contribution is -2.16. The van der Waals surface area contributed by atoms with Crippen LogP contribution in [0.3, 0.4) is 0 Å². The Hall–Kier alpha value is -2.98. The van der Waals surface area contributed by atoms with Crippen LogP contribution in [0.1, 0.15) is 21.9 Å². The Balaban J connectivity index is 1.77. The van der Waals surface area contributed by atoms with Crippen LogP contribution in [0.15, 0.2) is 41.8 Å². The van der Waals surface area contributed by atoms with Gasteiger partial charge in [0.1, 0.15) is 0 Å². The van der Waals surface area contributed by atoms with Crippen molar-refractivity contribution in [2.75, 3.05) is 5.32 Å². The number of halogens is 4. The molecular weight excluding hydrogens is 427 g/mol. The highest BCUT2D eigenvalue weighted by Crippen LogP contribution is 2.33. The molecule has 3 heterocycles. The summed E-state index contributed by atoms with van der Waals surface area (Å²) in [4.78, 5) is 21.0. The average Bonchev–Trinajstić information content (AvgIpc) is 3.31. The van der Waals surface area contributed by atoms with Crippen LogP contribution < -0.4 is 5.32 Å². The van der Waals surface area contributed by atoms with Crippen molar-refractivity contribution in [2.45, 2.75) is 13.1 Å². The molecule has 3 aromatic heterocycles. The molecule has 4 rings (SSSR count). The molecule has 11 heteroatoms. The number of nitrogens with one attached hydrogen (secondary N) is 1. The van der Waals surface area contributed by atoms with Gasteiger partial charge in [-0.3, -0.25) is 4.79 Å². The summed E-state index contributed by atoms with van der Waals surface area (Å²) in [6, 6.07) is 9.19. The molecule has 1 N–H and O–H groups in total. The summed E-state index contributed by atoms with van der Waals surface area (Å²) in [6.45, 7) is 1.83. The second-order valence-corrected chi connectivity index (χ2v) is 7.44. The van der Waals surface area contributed by atoms with E-state index >= 15 is 0 Å². The van der Waals surface area contributed by atoms with E-state index in [0.717, 1.165) is 11.6 Å². The lowest BCUT2D eigenvalue weighted by molar-refractivity contribution is -0.142. The first-order valence-electron chi connectivity index (χ1n) is 8.19. The predicted octanol–water partition coefficient (Wildman–Crippen LogP) is 5.09. The molecule has 148 valence electrons. The summed E-state index contributed by atoms with van der Waals surface area (Å²) in [5.41, 5.74) is 0.204. The van der Waals surface area contributed by atoms with E-state index in [1.54, 1.807) is 35.7 Å². The van der Waals surface area contributed by atoms with Crippen molar-refractivity contribution in [1.29, 1.82) is 0 Å². The van der Waals surface area contributed by atoms with Crippen LogP contribution in [0, 0.1) is 6.92 Å². The van der Waals surface area contributed by atoms with Crippen molar-refractivity contribution in [3.63, 3.8) is 0 Å². The van der Waals surface area contributed by atoms with E-state index in [1.807, 2.05) is 6.92 Å². The zero-order valence-electron chi connectivity index (χ0n) is 14.7. The third kappa shape index (κ3) is 3.81. The number of carbonyl (C=O) groups is 1. The van der Waals surface area contributed by atoms with Crippen LogP contribution in [0.2, 0.25) is 5.02 Å². The van der Waals surface area contributed by atoms with Gasteiger partial charge in [0.15, 0.2) is 5.69 Å². The van der Waals surface area contributed by atoms with Gasteiger partial charge in [-0.2, -0.15) is 22.7 Å². The molecule has 0 aliphatic rings. The fourth-order valence-corrected chi connectivity index (χ4v) is 3.59. The lowest BCUT2D eigenvalue weighted by atomic mass is 10.2. The van der Waals surface area contributed by atoms with E-state index in [1.165, 1.54) is 11.3 Å². The molecule has 1 aromatic carbocycles. The van der Waals surface area contributed by atoms with Gasteiger partial charge < -0.3 is 5.32 Å². The number of hydrogen-bond donors (Lipinski definition) is 1. The number of rotatable bonds is 3. The summed E-state index contributed by atoms with van der Waals surface area (Å²) in [7, 11) is 0. The van der Waals surface area contributed by atoms with Crippen molar-refractivity contribution < 1.29 is 18.0 Å². The topological polar surface area (TPSA) is 72.2 Å². The van der Waals surface area contributed by atoms with Crippen molar-refractivity contribution in [3.05, 3.63) is 63.9 Å². The molecule has 0 fully saturated rings. The summed E-state index contributed by atoms with van der Waals surface area (Å²) >= 11 is 7.32. The number of fused-ring (bicyclic) bond motifs is 1. The lowest BCUT2D eigenvalue weighted by Gasteiger charge is -2.09. The maximum atomic E-state index is 13.6. The highest BCUT2D eigenvalue weighted by molar-refractivity contribution is 7.13. The zero-order chi connectivity index (χ0) is 20.8. The van der Waals surface area contributed by atoms with E-state index < -0.39 is 23.6 Å². The number of anilines is 1. The van der Waals surface area contributed by atoms with Crippen LogP contribution in [-0.4, -0.2) is 25.5 Å². The first-order chi connectivity index (χ1) is 13.7. The van der Waals surface area contributed by atoms with Gasteiger partial charge in [0, 0.05) is 0 Å². The highest BCUT2D eigenvalue weighted by Gasteiger charge is 2.36. The predicted molar refractivity (Wildman–Crippen MR) is 103 cm³/mol. The number of aryl methyl sites for hydroxylation is 1. The van der Waals surface area contributed by atoms with Crippen LogP contribution in [0.5, 0.6) is 0 Å². The number of aromatic nitrogens is 4. The molecule has 0 radical (unpaired) electrons. The van der Waals surface area contributed by atoms with E-state index in [2.05, 4.69) is 20.4 Å². The molecule has 0 spiro atoms. The molecule has 6 nitrogen and oxygen atoms in total. The average molecular weight is 438 g/mol. The largest absolute Gasteiger partial charge is 0.433 e. The molecule has 0 bridgehead atoms. The Kier molecular flexibility index (Phi) is 4.75. The molecule has 0 atom stereocenters. The number of thiophene rings is 1. The molecule has 1 amide bonds. The smallest absolute Gasteiger partial charge is 0.318 e. The van der Waals surface area contributed by atoms with Crippen LogP contribution in [0.25, 0.3) is 16.3 Å². The molecule has 0 unspecified atom stereocenters. The van der Waals surface area contributed by atoms with Crippen LogP contribution in [-0.2, 0) is 6.18 Å². The van der Waals surface area contributed by atoms with Gasteiger partial charge >= 0.3 is 6.18 Å². The van der Waals surface area contributed by atoms with Crippen molar-refractivity contribution in [2.24, 2.45) is 0 Å². The SMILES string of the molecule is Cc1ccc(NC(=O)c2nc3nc(-c4cccs4)cc(C(F)(F)F)n3n2)c(Cl)c1. The fourth-order valence-electron chi connectivity index (χ4n) is 2.62. The maximum absolute atomic E-state index is 13.6. The second kappa shape index (κ2) is 7.12. The van der Waals surface area contributed by atoms with Crippen molar-refractivity contribution in [3.8, 4) is 10.6 Å². The van der Waals surface area contributed by atoms with Crippen LogP contribution in [0.4, 0.5) is 18.9 Å². The van der Waals surface area contributed by atoms with Gasteiger partial charge in [-0.1, -0.05) is 23.7 Å². The number of nitrogens with zero attached hydrogens (tertiary/aromatic N) is 4. The third-order valence-electron chi connectivity index (χ3n) is 3.95. The van der Waals surface area contributed by atoms with E-state index in [9.17, 15) is 18.0 Å². The summed E-state index contributed by atoms with van der Waals surface area (Å²) < 4.78 is 41.2. The van der Waals surface area contributed by atoms with Gasteiger partial charge in [0.2, 0.25) is 5.82 Å². The summed E-state index contributed by atoms with van der Waals surface area (Å²) in [6.07, 6.45) is -4.71. The fraction of sp³-hybridized carbons (Fsp3) is 0.111. The quantitative estimate of drug-likeness (QED) is 0.485. The van der Waals surface area contributed by atoms with Gasteiger partial charge in [0.05, 0.1) is 21.3 Å². The minimum Gasteiger partial charge on any atom is -0.318 e. The Bertz CT molecular complexity index is 1220. The first-order valence-corrected chi connectivity index (χ1v) is 9.44. The molecule has 0 aliphatic carbocycles. The summed E-state index contributed by atoms with van der Waals surface area (Å²) in [5, 5.41) is 8.23. The number of carbonyl (C=O) groups excluding carboxylic acids is 1. The van der Waals surface area contributed by atoms with Gasteiger partial charge in [-0.15, -0.1) is 16.4 Å². The minimum atomic E-state index is -4.71. The molecule has 0 aliphatic heterocycles. The Labute approximate surface area is 171 Å². The number of amides is 1. The van der Waals surface area contributed by atoms with Crippen LogP contribution >= 0.6 is 22.9 Å². The monoisotopic (exact) mass is 437 g/mol. The molecule has 29 heavy (non-hydrogen) atoms. The Morgan fingerprint density at radius 1 is 1.21 bits per heavy atom. The zero-order valence-corrected chi connectivity index (χ0v) is 16.2. The normalized spacial score (nSPS) is 11.8. The van der Waals surface area contributed by atoms with Crippen molar-refractivity contribution in [1.82, 2.24) is 19.6 Å². The first kappa shape index (κ1) is 19.3. The Morgan fingerprint density at radius 2 is 2.00 bits per heavy atom. The van der Waals surface area contributed by atoms with Gasteiger partial charge in [-0.05, 0) is 42.1 Å². The molecule has 0 saturated carbocycles. The molecular formula is C18H11ClF3N5OS. The Morgan fingerprint density at radius 3 is 2.66 bits per heavy atom. The minimum absolute atomic E-state index is 0.0979. The van der Waals surface area contributed by atoms with E-state index in [4.69, 9.17) is 11.6 Å². The molecule has 4 aromatic rings. The van der Waals surface area contributed by atoms with E-state index in [-0.39, 0.29) is 16.5 Å². The summed E-state index contributed by atoms with van der Waals surface area (Å²) in [5.74, 6) is -1.58. The third-order valence-corrected chi connectivity index (χ3v) is 5.16. The standard InChI is InChI=1S/C18H11ClF3N5OS/c1-9-4-5-11(10(19)7-9)23-16(28)15-25-17-24-12(13-3-2-6-29-13)8-14(18(20,21)22)27(17)26-15/h2-8H,1H3,(H,23,28). The highest BCUT2D eigenvalue weighted by atomic mass is 35.5. The van der Waals surface area contributed by atoms with Crippen molar-refractivity contribution >= 4 is 40.3 Å². The van der Waals surface area contributed by atoms with Gasteiger partial charge in [0.25, 0.3) is 11.7 Å². The van der Waals surface area contributed by atoms with E-state index in [0.29, 0.717) is 15.1 Å². The maximum Gasteiger partial charge on any atom is 0.433 e. The molecule has 0 saturated heterocycles. The number of hydrogen-bond acceptors (Lipinski definition) is 5.